The Hall–Kier alpha value is -3.54. The smallest absolute Gasteiger partial charge is 0.258 e. The molecule has 0 atom stereocenters. The van der Waals surface area contributed by atoms with Gasteiger partial charge in [0, 0.05) is 35.1 Å². The molecule has 0 spiro atoms. The summed E-state index contributed by atoms with van der Waals surface area (Å²) in [6.45, 7) is 0. The van der Waals surface area contributed by atoms with E-state index in [4.69, 9.17) is 0 Å². The molecule has 116 valence electrons. The molecule has 0 N–H and O–H groups in total. The van der Waals surface area contributed by atoms with E-state index in [9.17, 15) is 19.2 Å². The van der Waals surface area contributed by atoms with E-state index in [1.54, 1.807) is 36.4 Å². The molecule has 0 bridgehead atoms. The van der Waals surface area contributed by atoms with Crippen molar-refractivity contribution in [3.63, 3.8) is 0 Å². The van der Waals surface area contributed by atoms with Gasteiger partial charge in [0.25, 0.3) is 23.6 Å². The van der Waals surface area contributed by atoms with Gasteiger partial charge in [-0.2, -0.15) is 0 Å². The van der Waals surface area contributed by atoms with Gasteiger partial charge >= 0.3 is 0 Å². The van der Waals surface area contributed by atoms with Gasteiger partial charge in [0.05, 0.1) is 11.4 Å². The van der Waals surface area contributed by atoms with Crippen molar-refractivity contribution >= 4 is 45.8 Å². The molecule has 0 saturated carbocycles. The van der Waals surface area contributed by atoms with Crippen LogP contribution in [0.2, 0.25) is 0 Å². The maximum atomic E-state index is 12.0. The minimum Gasteiger partial charge on any atom is -0.269 e. The summed E-state index contributed by atoms with van der Waals surface area (Å²) in [4.78, 5) is 50.0. The summed E-state index contributed by atoms with van der Waals surface area (Å²) in [6.07, 6.45) is 4.84. The molecular formula is C18H10N2O4. The van der Waals surface area contributed by atoms with Crippen LogP contribution in [0.1, 0.15) is 0 Å². The summed E-state index contributed by atoms with van der Waals surface area (Å²) in [7, 11) is 0. The fourth-order valence-corrected chi connectivity index (χ4v) is 2.94. The number of benzene rings is 2. The highest BCUT2D eigenvalue weighted by molar-refractivity contribution is 6.32. The Labute approximate surface area is 136 Å². The predicted molar refractivity (Wildman–Crippen MR) is 87.2 cm³/mol. The van der Waals surface area contributed by atoms with Crippen molar-refractivity contribution in [2.24, 2.45) is 0 Å². The molecule has 2 aromatic carbocycles. The van der Waals surface area contributed by atoms with E-state index < -0.39 is 23.6 Å². The lowest BCUT2D eigenvalue weighted by Crippen LogP contribution is -2.30. The zero-order valence-corrected chi connectivity index (χ0v) is 12.3. The van der Waals surface area contributed by atoms with E-state index in [1.165, 1.54) is 24.3 Å². The van der Waals surface area contributed by atoms with E-state index in [-0.39, 0.29) is 0 Å². The lowest BCUT2D eigenvalue weighted by molar-refractivity contribution is -0.121. The average molecular weight is 318 g/mol. The lowest BCUT2D eigenvalue weighted by atomic mass is 10.1. The molecule has 2 heterocycles. The highest BCUT2D eigenvalue weighted by Gasteiger charge is 2.29. The van der Waals surface area contributed by atoms with Gasteiger partial charge < -0.3 is 0 Å². The first kappa shape index (κ1) is 14.1. The molecule has 0 aromatic heterocycles. The Balaban J connectivity index is 1.93. The molecule has 0 unspecified atom stereocenters. The van der Waals surface area contributed by atoms with E-state index in [0.717, 1.165) is 9.80 Å². The number of fused-ring (bicyclic) bond motifs is 1. The number of hydrogen-bond donors (Lipinski definition) is 0. The first-order valence-corrected chi connectivity index (χ1v) is 7.22. The third-order valence-electron chi connectivity index (χ3n) is 3.98. The highest BCUT2D eigenvalue weighted by atomic mass is 16.2. The van der Waals surface area contributed by atoms with Crippen molar-refractivity contribution in [1.82, 2.24) is 0 Å². The van der Waals surface area contributed by atoms with Crippen molar-refractivity contribution in [2.75, 3.05) is 9.80 Å². The van der Waals surface area contributed by atoms with Crippen LogP contribution >= 0.6 is 0 Å². The van der Waals surface area contributed by atoms with E-state index >= 15 is 0 Å². The molecule has 2 aliphatic rings. The molecule has 6 heteroatoms. The van der Waals surface area contributed by atoms with Crippen LogP contribution in [0.5, 0.6) is 0 Å². The second kappa shape index (κ2) is 4.99. The van der Waals surface area contributed by atoms with E-state index in [2.05, 4.69) is 0 Å². The zero-order valence-electron chi connectivity index (χ0n) is 12.3. The van der Waals surface area contributed by atoms with E-state index in [0.29, 0.717) is 22.1 Å². The Morgan fingerprint density at radius 1 is 0.500 bits per heavy atom. The van der Waals surface area contributed by atoms with Gasteiger partial charge in [-0.25, -0.2) is 9.80 Å². The van der Waals surface area contributed by atoms with Crippen LogP contribution in [0, 0.1) is 0 Å². The number of carbonyl (C=O) groups excluding carboxylic acids is 4. The van der Waals surface area contributed by atoms with Crippen LogP contribution in [0.15, 0.2) is 60.7 Å². The fraction of sp³-hybridized carbons (Fsp3) is 0. The predicted octanol–water partition coefficient (Wildman–Crippen LogP) is 1.70. The van der Waals surface area contributed by atoms with Gasteiger partial charge in [0.2, 0.25) is 0 Å². The second-order valence-corrected chi connectivity index (χ2v) is 5.34. The normalized spacial score (nSPS) is 17.0. The number of hydrogen-bond acceptors (Lipinski definition) is 4. The molecule has 4 rings (SSSR count). The molecule has 2 aromatic rings. The number of imide groups is 2. The first-order chi connectivity index (χ1) is 11.6. The SMILES string of the molecule is O=C1C=CC(=O)N1c1cccc2c(N3C(=O)C=CC3=O)cccc12. The van der Waals surface area contributed by atoms with Crippen molar-refractivity contribution < 1.29 is 19.2 Å². The van der Waals surface area contributed by atoms with Gasteiger partial charge in [0.15, 0.2) is 0 Å². The topological polar surface area (TPSA) is 74.8 Å². The quantitative estimate of drug-likeness (QED) is 0.790. The van der Waals surface area contributed by atoms with Gasteiger partial charge in [0.1, 0.15) is 0 Å². The summed E-state index contributed by atoms with van der Waals surface area (Å²) in [6, 6.07) is 10.1. The molecule has 0 aliphatic carbocycles. The standard InChI is InChI=1S/C18H10N2O4/c21-15-7-8-16(22)19(15)13-5-1-3-11-12(13)4-2-6-14(11)20-17(23)9-10-18(20)24/h1-10H. The Morgan fingerprint density at radius 2 is 0.833 bits per heavy atom. The van der Waals surface area contributed by atoms with Gasteiger partial charge in [-0.3, -0.25) is 19.2 Å². The summed E-state index contributed by atoms with van der Waals surface area (Å²) < 4.78 is 0. The van der Waals surface area contributed by atoms with Crippen molar-refractivity contribution in [3.8, 4) is 0 Å². The van der Waals surface area contributed by atoms with Gasteiger partial charge in [-0.15, -0.1) is 0 Å². The molecule has 0 radical (unpaired) electrons. The maximum absolute atomic E-state index is 12.0. The monoisotopic (exact) mass is 318 g/mol. The minimum absolute atomic E-state index is 0.418. The maximum Gasteiger partial charge on any atom is 0.258 e. The Morgan fingerprint density at radius 3 is 1.17 bits per heavy atom. The first-order valence-electron chi connectivity index (χ1n) is 7.22. The number of nitrogens with zero attached hydrogens (tertiary/aromatic N) is 2. The van der Waals surface area contributed by atoms with Crippen LogP contribution in [-0.2, 0) is 19.2 Å². The fourth-order valence-electron chi connectivity index (χ4n) is 2.94. The largest absolute Gasteiger partial charge is 0.269 e. The van der Waals surface area contributed by atoms with Crippen LogP contribution in [0.3, 0.4) is 0 Å². The molecule has 6 nitrogen and oxygen atoms in total. The zero-order chi connectivity index (χ0) is 16.8. The summed E-state index contributed by atoms with van der Waals surface area (Å²) in [5, 5.41) is 1.21. The van der Waals surface area contributed by atoms with Gasteiger partial charge in [-0.1, -0.05) is 24.3 Å². The second-order valence-electron chi connectivity index (χ2n) is 5.34. The molecule has 4 amide bonds. The minimum atomic E-state index is -0.423. The Kier molecular flexibility index (Phi) is 2.93. The third-order valence-corrected chi connectivity index (χ3v) is 3.98. The van der Waals surface area contributed by atoms with Crippen molar-refractivity contribution in [3.05, 3.63) is 60.7 Å². The molecule has 24 heavy (non-hydrogen) atoms. The van der Waals surface area contributed by atoms with E-state index in [1.807, 2.05) is 0 Å². The van der Waals surface area contributed by atoms with Crippen LogP contribution in [0.25, 0.3) is 10.8 Å². The van der Waals surface area contributed by atoms with Crippen molar-refractivity contribution in [1.29, 1.82) is 0 Å². The summed E-state index contributed by atoms with van der Waals surface area (Å²) in [5.41, 5.74) is 0.836. The Bertz CT molecular complexity index is 886. The molecule has 2 aliphatic heterocycles. The average Bonchev–Trinajstić information content (AvgIpc) is 3.08. The summed E-state index contributed by atoms with van der Waals surface area (Å²) in [5.74, 6) is -1.69. The van der Waals surface area contributed by atoms with Crippen LogP contribution in [0.4, 0.5) is 11.4 Å². The number of anilines is 2. The van der Waals surface area contributed by atoms with Crippen molar-refractivity contribution in [2.45, 2.75) is 0 Å². The molecule has 0 fully saturated rings. The lowest BCUT2D eigenvalue weighted by Gasteiger charge is -2.20. The third kappa shape index (κ3) is 1.90. The number of amides is 4. The number of rotatable bonds is 2. The van der Waals surface area contributed by atoms with Crippen LogP contribution < -0.4 is 9.80 Å². The highest BCUT2D eigenvalue weighted by Crippen LogP contribution is 2.35. The molecular weight excluding hydrogens is 308 g/mol. The van der Waals surface area contributed by atoms with Crippen LogP contribution in [-0.4, -0.2) is 23.6 Å². The summed E-state index contributed by atoms with van der Waals surface area (Å²) >= 11 is 0. The molecule has 0 saturated heterocycles. The number of carbonyl (C=O) groups is 4. The van der Waals surface area contributed by atoms with Gasteiger partial charge in [-0.05, 0) is 12.1 Å².